The van der Waals surface area contributed by atoms with E-state index in [4.69, 9.17) is 4.74 Å². The summed E-state index contributed by atoms with van der Waals surface area (Å²) in [5.41, 5.74) is 2.78. The molecule has 2 heteroatoms. The predicted octanol–water partition coefficient (Wildman–Crippen LogP) is 4.88. The zero-order valence-electron chi connectivity index (χ0n) is 10.7. The van der Waals surface area contributed by atoms with E-state index in [9.17, 15) is 0 Å². The summed E-state index contributed by atoms with van der Waals surface area (Å²) in [6.45, 7) is 5.43. The lowest BCUT2D eigenvalue weighted by Gasteiger charge is -2.19. The van der Waals surface area contributed by atoms with Gasteiger partial charge in [0.05, 0.1) is 6.61 Å². The van der Waals surface area contributed by atoms with Crippen LogP contribution in [0.1, 0.15) is 49.1 Å². The first kappa shape index (κ1) is 12.9. The third-order valence-corrected chi connectivity index (χ3v) is 4.28. The van der Waals surface area contributed by atoms with Crippen LogP contribution in [0.5, 0.6) is 5.75 Å². The monoisotopic (exact) mass is 296 g/mol. The molecule has 0 aliphatic carbocycles. The molecule has 94 valence electrons. The Labute approximate surface area is 113 Å². The van der Waals surface area contributed by atoms with E-state index in [1.165, 1.54) is 24.0 Å². The molecule has 0 bridgehead atoms. The molecule has 1 atom stereocenters. The highest BCUT2D eigenvalue weighted by Crippen LogP contribution is 2.33. The first-order chi connectivity index (χ1) is 8.16. The van der Waals surface area contributed by atoms with Crippen LogP contribution in [0.25, 0.3) is 0 Å². The molecule has 0 saturated carbocycles. The third-order valence-electron chi connectivity index (χ3n) is 3.29. The van der Waals surface area contributed by atoms with Crippen molar-refractivity contribution in [2.45, 2.75) is 44.4 Å². The Hall–Kier alpha value is -0.500. The summed E-state index contributed by atoms with van der Waals surface area (Å²) in [6.07, 6.45) is 4.78. The van der Waals surface area contributed by atoms with E-state index >= 15 is 0 Å². The number of alkyl halides is 1. The summed E-state index contributed by atoms with van der Waals surface area (Å²) >= 11 is 3.80. The van der Waals surface area contributed by atoms with E-state index in [1.54, 1.807) is 0 Å². The predicted molar refractivity (Wildman–Crippen MR) is 76.0 cm³/mol. The van der Waals surface area contributed by atoms with E-state index in [2.05, 4.69) is 48.0 Å². The molecular formula is C15H21BrO. The minimum absolute atomic E-state index is 0.483. The summed E-state index contributed by atoms with van der Waals surface area (Å²) in [4.78, 5) is 0.483. The van der Waals surface area contributed by atoms with Crippen LogP contribution >= 0.6 is 15.9 Å². The van der Waals surface area contributed by atoms with Gasteiger partial charge >= 0.3 is 0 Å². The number of ether oxygens (including phenoxy) is 1. The van der Waals surface area contributed by atoms with E-state index in [0.717, 1.165) is 31.1 Å². The van der Waals surface area contributed by atoms with E-state index in [-0.39, 0.29) is 0 Å². The fourth-order valence-corrected chi connectivity index (χ4v) is 2.77. The largest absolute Gasteiger partial charge is 0.493 e. The molecule has 0 amide bonds. The molecule has 1 aliphatic rings. The number of rotatable bonds is 4. The van der Waals surface area contributed by atoms with Crippen molar-refractivity contribution in [3.63, 3.8) is 0 Å². The smallest absolute Gasteiger partial charge is 0.122 e. The van der Waals surface area contributed by atoms with E-state index < -0.39 is 0 Å². The molecule has 0 aromatic heterocycles. The Morgan fingerprint density at radius 2 is 2.12 bits per heavy atom. The van der Waals surface area contributed by atoms with Gasteiger partial charge in [0.25, 0.3) is 0 Å². The lowest BCUT2D eigenvalue weighted by Crippen LogP contribution is -2.08. The van der Waals surface area contributed by atoms with Crippen LogP contribution in [0.2, 0.25) is 0 Å². The highest BCUT2D eigenvalue weighted by atomic mass is 79.9. The summed E-state index contributed by atoms with van der Waals surface area (Å²) in [6, 6.07) is 6.64. The Kier molecular flexibility index (Phi) is 4.49. The van der Waals surface area contributed by atoms with Crippen LogP contribution in [0.15, 0.2) is 18.2 Å². The Balaban J connectivity index is 2.05. The van der Waals surface area contributed by atoms with Crippen LogP contribution in [0.4, 0.5) is 0 Å². The summed E-state index contributed by atoms with van der Waals surface area (Å²) in [7, 11) is 0. The normalized spacial score (nSPS) is 16.5. The molecule has 1 aromatic rings. The highest BCUT2D eigenvalue weighted by Gasteiger charge is 2.14. The Morgan fingerprint density at radius 3 is 2.88 bits per heavy atom. The molecule has 2 rings (SSSR count). The fourth-order valence-electron chi connectivity index (χ4n) is 2.22. The zero-order chi connectivity index (χ0) is 12.3. The summed E-state index contributed by atoms with van der Waals surface area (Å²) < 4.78 is 5.64. The van der Waals surface area contributed by atoms with Crippen molar-refractivity contribution in [1.29, 1.82) is 0 Å². The number of fused-ring (bicyclic) bond motifs is 1. The van der Waals surface area contributed by atoms with Crippen molar-refractivity contribution in [3.8, 4) is 5.75 Å². The first-order valence-electron chi connectivity index (χ1n) is 6.56. The molecule has 0 N–H and O–H groups in total. The van der Waals surface area contributed by atoms with Gasteiger partial charge in [-0.3, -0.25) is 0 Å². The van der Waals surface area contributed by atoms with Gasteiger partial charge in [-0.1, -0.05) is 41.9 Å². The maximum atomic E-state index is 5.64. The average molecular weight is 297 g/mol. The van der Waals surface area contributed by atoms with E-state index in [0.29, 0.717) is 4.83 Å². The van der Waals surface area contributed by atoms with Gasteiger partial charge in [0.2, 0.25) is 0 Å². The fraction of sp³-hybridized carbons (Fsp3) is 0.600. The van der Waals surface area contributed by atoms with Crippen LogP contribution in [0.3, 0.4) is 0 Å². The van der Waals surface area contributed by atoms with Gasteiger partial charge in [0, 0.05) is 4.83 Å². The minimum atomic E-state index is 0.483. The van der Waals surface area contributed by atoms with Gasteiger partial charge in [0.15, 0.2) is 0 Å². The number of hydrogen-bond acceptors (Lipinski definition) is 1. The minimum Gasteiger partial charge on any atom is -0.493 e. The lowest BCUT2D eigenvalue weighted by molar-refractivity contribution is 0.288. The van der Waals surface area contributed by atoms with Crippen molar-refractivity contribution < 1.29 is 4.74 Å². The van der Waals surface area contributed by atoms with E-state index in [1.807, 2.05) is 0 Å². The molecule has 1 nitrogen and oxygen atoms in total. The van der Waals surface area contributed by atoms with Gasteiger partial charge < -0.3 is 4.74 Å². The molecule has 1 heterocycles. The number of hydrogen-bond donors (Lipinski definition) is 0. The molecular weight excluding hydrogens is 276 g/mol. The zero-order valence-corrected chi connectivity index (χ0v) is 12.3. The van der Waals surface area contributed by atoms with Crippen LogP contribution in [0, 0.1) is 5.92 Å². The van der Waals surface area contributed by atoms with Crippen molar-refractivity contribution >= 4 is 15.9 Å². The quantitative estimate of drug-likeness (QED) is 0.719. The molecule has 0 fully saturated rings. The van der Waals surface area contributed by atoms with Crippen LogP contribution in [-0.2, 0) is 6.42 Å². The van der Waals surface area contributed by atoms with Gasteiger partial charge in [-0.2, -0.15) is 0 Å². The molecule has 0 saturated heterocycles. The highest BCUT2D eigenvalue weighted by molar-refractivity contribution is 9.09. The molecule has 1 aromatic carbocycles. The molecule has 0 radical (unpaired) electrons. The topological polar surface area (TPSA) is 9.23 Å². The second-order valence-electron chi connectivity index (χ2n) is 5.26. The molecule has 1 aliphatic heterocycles. The number of aryl methyl sites for hydroxylation is 1. The van der Waals surface area contributed by atoms with Gasteiger partial charge in [-0.15, -0.1) is 0 Å². The van der Waals surface area contributed by atoms with Crippen molar-refractivity contribution in [2.24, 2.45) is 5.92 Å². The number of halogens is 1. The van der Waals surface area contributed by atoms with Gasteiger partial charge in [0.1, 0.15) is 5.75 Å². The molecule has 0 spiro atoms. The number of benzene rings is 1. The SMILES string of the molecule is CC(C)CCC(Br)c1ccc2c(c1)CCCO2. The second kappa shape index (κ2) is 5.90. The maximum absolute atomic E-state index is 5.64. The van der Waals surface area contributed by atoms with Crippen molar-refractivity contribution in [3.05, 3.63) is 29.3 Å². The van der Waals surface area contributed by atoms with Crippen molar-refractivity contribution in [1.82, 2.24) is 0 Å². The second-order valence-corrected chi connectivity index (χ2v) is 6.36. The Morgan fingerprint density at radius 1 is 1.29 bits per heavy atom. The maximum Gasteiger partial charge on any atom is 0.122 e. The van der Waals surface area contributed by atoms with Gasteiger partial charge in [-0.25, -0.2) is 0 Å². The average Bonchev–Trinajstić information content (AvgIpc) is 2.35. The van der Waals surface area contributed by atoms with Crippen LogP contribution in [-0.4, -0.2) is 6.61 Å². The Bertz CT molecular complexity index is 373. The summed E-state index contributed by atoms with van der Waals surface area (Å²) in [5, 5.41) is 0. The van der Waals surface area contributed by atoms with Crippen molar-refractivity contribution in [2.75, 3.05) is 6.61 Å². The van der Waals surface area contributed by atoms with Crippen LogP contribution < -0.4 is 4.74 Å². The lowest BCUT2D eigenvalue weighted by atomic mass is 9.98. The van der Waals surface area contributed by atoms with Gasteiger partial charge in [-0.05, 0) is 48.8 Å². The first-order valence-corrected chi connectivity index (χ1v) is 7.48. The standard InChI is InChI=1S/C15H21BrO/c1-11(2)5-7-14(16)12-6-8-15-13(10-12)4-3-9-17-15/h6,8,10-11,14H,3-5,7,9H2,1-2H3. The third kappa shape index (κ3) is 3.48. The molecule has 17 heavy (non-hydrogen) atoms. The molecule has 1 unspecified atom stereocenters. The summed E-state index contributed by atoms with van der Waals surface area (Å²) in [5.74, 6) is 1.86.